The summed E-state index contributed by atoms with van der Waals surface area (Å²) in [4.78, 5) is 52.8. The summed E-state index contributed by atoms with van der Waals surface area (Å²) in [5, 5.41) is 56.8. The topological polar surface area (TPSA) is 199 Å². The highest BCUT2D eigenvalue weighted by Crippen LogP contribution is 2.56. The highest BCUT2D eigenvalue weighted by atomic mass is 16.4. The second-order valence-electron chi connectivity index (χ2n) is 10.7. The minimum absolute atomic E-state index is 0.150. The van der Waals surface area contributed by atoms with Crippen molar-refractivity contribution in [2.24, 2.45) is 17.6 Å². The fourth-order valence-electron chi connectivity index (χ4n) is 6.30. The maximum absolute atomic E-state index is 14.2. The number of aliphatic hydroxyl groups is 4. The lowest BCUT2D eigenvalue weighted by Crippen LogP contribution is -2.70. The Bertz CT molecular complexity index is 1630. The van der Waals surface area contributed by atoms with Gasteiger partial charge in [0.05, 0.1) is 29.2 Å². The van der Waals surface area contributed by atoms with Crippen LogP contribution in [0.3, 0.4) is 0 Å². The summed E-state index contributed by atoms with van der Waals surface area (Å²) in [6.07, 6.45) is -0.180. The molecule has 0 radical (unpaired) electrons. The fraction of sp³-hybridized carbons (Fsp3) is 0.267. The molecule has 41 heavy (non-hydrogen) atoms. The first-order valence-electron chi connectivity index (χ1n) is 12.7. The van der Waals surface area contributed by atoms with E-state index in [9.17, 15) is 44.7 Å². The van der Waals surface area contributed by atoms with Crippen LogP contribution >= 0.6 is 0 Å². The summed E-state index contributed by atoms with van der Waals surface area (Å²) >= 11 is 0. The van der Waals surface area contributed by atoms with Crippen molar-refractivity contribution in [3.63, 3.8) is 0 Å². The van der Waals surface area contributed by atoms with E-state index >= 15 is 0 Å². The van der Waals surface area contributed by atoms with E-state index in [-0.39, 0.29) is 22.5 Å². The number of carbonyl (C=O) groups excluding carboxylic acids is 4. The monoisotopic (exact) mass is 560 g/mol. The molecule has 1 saturated carbocycles. The van der Waals surface area contributed by atoms with Crippen molar-refractivity contribution in [1.82, 2.24) is 4.90 Å². The number of rotatable bonds is 4. The largest absolute Gasteiger partial charge is 0.508 e. The number of likely N-dealkylation sites (N-methyl/N-ethyl adjacent to an activating group) is 1. The van der Waals surface area contributed by atoms with Crippen LogP contribution in [-0.4, -0.2) is 85.5 Å². The van der Waals surface area contributed by atoms with Crippen molar-refractivity contribution in [2.75, 3.05) is 14.1 Å². The summed E-state index contributed by atoms with van der Waals surface area (Å²) in [5.41, 5.74) is 2.20. The van der Waals surface area contributed by atoms with E-state index in [0.29, 0.717) is 11.1 Å². The highest BCUT2D eigenvalue weighted by Gasteiger charge is 2.68. The van der Waals surface area contributed by atoms with E-state index < -0.39 is 75.5 Å². The number of nitrogens with zero attached hydrogens (tertiary/aromatic N) is 1. The number of phenolic OH excluding ortho intramolecular Hbond substituents is 1. The smallest absolute Gasteiger partial charge is 0.255 e. The molecule has 212 valence electrons. The van der Waals surface area contributed by atoms with Crippen LogP contribution in [0.1, 0.15) is 34.0 Å². The van der Waals surface area contributed by atoms with E-state index in [0.717, 1.165) is 0 Å². The van der Waals surface area contributed by atoms with Crippen molar-refractivity contribution in [3.8, 4) is 5.75 Å². The van der Waals surface area contributed by atoms with Gasteiger partial charge in [0.2, 0.25) is 5.78 Å². The van der Waals surface area contributed by atoms with Crippen molar-refractivity contribution in [1.29, 1.82) is 0 Å². The molecule has 0 spiro atoms. The van der Waals surface area contributed by atoms with Gasteiger partial charge in [0.1, 0.15) is 22.8 Å². The maximum atomic E-state index is 14.2. The van der Waals surface area contributed by atoms with Gasteiger partial charge in [-0.25, -0.2) is 0 Å². The molecule has 0 aliphatic heterocycles. The lowest BCUT2D eigenvalue weighted by molar-refractivity contribution is -0.166. The average Bonchev–Trinajstić information content (AvgIpc) is 2.90. The molecule has 3 aliphatic rings. The van der Waals surface area contributed by atoms with Crippen LogP contribution in [0.2, 0.25) is 0 Å². The Hall–Kier alpha value is -4.58. The average molecular weight is 561 g/mol. The normalized spacial score (nSPS) is 28.5. The summed E-state index contributed by atoms with van der Waals surface area (Å²) < 4.78 is 0. The molecule has 2 aromatic carbocycles. The summed E-state index contributed by atoms with van der Waals surface area (Å²) in [6.45, 7) is 1.42. The fourth-order valence-corrected chi connectivity index (χ4v) is 6.30. The summed E-state index contributed by atoms with van der Waals surface area (Å²) in [6, 6.07) is 9.33. The summed E-state index contributed by atoms with van der Waals surface area (Å²) in [7, 11) is 2.87. The maximum Gasteiger partial charge on any atom is 0.255 e. The number of benzene rings is 2. The molecule has 5 rings (SSSR count). The number of nitrogens with two attached hydrogens (primary N) is 1. The van der Waals surface area contributed by atoms with Crippen molar-refractivity contribution in [3.05, 3.63) is 81.6 Å². The number of primary amides is 1. The molecule has 0 saturated heterocycles. The number of aliphatic hydroxyl groups excluding tert-OH is 3. The Balaban J connectivity index is 1.83. The van der Waals surface area contributed by atoms with Gasteiger partial charge in [0, 0.05) is 11.5 Å². The first-order chi connectivity index (χ1) is 19.2. The molecule has 7 N–H and O–H groups in total. The zero-order valence-electron chi connectivity index (χ0n) is 22.3. The van der Waals surface area contributed by atoms with E-state index in [1.165, 1.54) is 38.1 Å². The van der Waals surface area contributed by atoms with E-state index in [1.807, 2.05) is 0 Å². The predicted molar refractivity (Wildman–Crippen MR) is 146 cm³/mol. The molecule has 0 aromatic heterocycles. The minimum Gasteiger partial charge on any atom is -0.508 e. The van der Waals surface area contributed by atoms with Gasteiger partial charge in [-0.2, -0.15) is 0 Å². The lowest BCUT2D eigenvalue weighted by Gasteiger charge is -2.53. The van der Waals surface area contributed by atoms with Gasteiger partial charge in [-0.3, -0.25) is 24.1 Å². The molecule has 0 bridgehead atoms. The number of hydrogen-bond acceptors (Lipinski definition) is 10. The van der Waals surface area contributed by atoms with Gasteiger partial charge >= 0.3 is 0 Å². The highest BCUT2D eigenvalue weighted by molar-refractivity contribution is 6.25. The standard InChI is InChI=1S/C30H28N2O9/c1-12(33)14-9-7-13(8-10-14)11-16-15-5-4-6-17(34)18(15)24(35)20-19(16)25(36)22-23(32(2)3)26(37)21(29(31)40)28(39)30(22,41)27(20)38/h4-11,19,22-23,25,34-36,39,41H,1-3H3,(H2,31,40)/b16-11+/t19-,22-,23+,25+,30+/m1/s1. The molecule has 11 heteroatoms. The Morgan fingerprint density at radius 2 is 1.66 bits per heavy atom. The molecule has 11 nitrogen and oxygen atoms in total. The third-order valence-electron chi connectivity index (χ3n) is 8.17. The van der Waals surface area contributed by atoms with Crippen LogP contribution in [0.5, 0.6) is 5.75 Å². The van der Waals surface area contributed by atoms with Crippen LogP contribution in [0.15, 0.2) is 59.4 Å². The zero-order chi connectivity index (χ0) is 30.1. The Kier molecular flexibility index (Phi) is 6.49. The van der Waals surface area contributed by atoms with Gasteiger partial charge in [0.15, 0.2) is 17.2 Å². The van der Waals surface area contributed by atoms with Crippen molar-refractivity contribution < 1.29 is 44.7 Å². The number of fused-ring (bicyclic) bond motifs is 3. The minimum atomic E-state index is -3.01. The number of carbonyl (C=O) groups is 4. The van der Waals surface area contributed by atoms with Crippen molar-refractivity contribution >= 4 is 40.7 Å². The molecular weight excluding hydrogens is 532 g/mol. The number of hydrogen-bond donors (Lipinski definition) is 6. The van der Waals surface area contributed by atoms with Crippen LogP contribution in [0, 0.1) is 11.8 Å². The number of Topliss-reactive ketones (excluding diaryl/α,β-unsaturated/α-hetero) is 3. The lowest BCUT2D eigenvalue weighted by atomic mass is 9.55. The second kappa shape index (κ2) is 9.51. The Labute approximate surface area is 234 Å². The van der Waals surface area contributed by atoms with Crippen LogP contribution in [0.25, 0.3) is 17.4 Å². The van der Waals surface area contributed by atoms with Gasteiger partial charge in [-0.15, -0.1) is 0 Å². The number of ketones is 3. The van der Waals surface area contributed by atoms with Crippen molar-refractivity contribution in [2.45, 2.75) is 24.7 Å². The van der Waals surface area contributed by atoms with Gasteiger partial charge in [0.25, 0.3) is 5.91 Å². The molecular formula is C30H28N2O9. The third kappa shape index (κ3) is 3.85. The molecule has 0 heterocycles. The zero-order valence-corrected chi connectivity index (χ0v) is 22.3. The molecule has 0 unspecified atom stereocenters. The molecule has 1 fully saturated rings. The third-order valence-corrected chi connectivity index (χ3v) is 8.17. The van der Waals surface area contributed by atoms with Crippen LogP contribution < -0.4 is 5.73 Å². The Morgan fingerprint density at radius 1 is 1.02 bits per heavy atom. The predicted octanol–water partition coefficient (Wildman–Crippen LogP) is 1.14. The number of amides is 1. The van der Waals surface area contributed by atoms with Crippen LogP contribution in [0.4, 0.5) is 0 Å². The van der Waals surface area contributed by atoms with E-state index in [1.54, 1.807) is 36.4 Å². The second-order valence-corrected chi connectivity index (χ2v) is 10.7. The first kappa shape index (κ1) is 28.0. The molecule has 2 aromatic rings. The Morgan fingerprint density at radius 3 is 2.22 bits per heavy atom. The molecule has 5 atom stereocenters. The van der Waals surface area contributed by atoms with E-state index in [2.05, 4.69) is 0 Å². The van der Waals surface area contributed by atoms with Gasteiger partial charge in [-0.1, -0.05) is 42.5 Å². The van der Waals surface area contributed by atoms with Gasteiger partial charge < -0.3 is 31.3 Å². The quantitative estimate of drug-likeness (QED) is 0.233. The number of aromatic hydroxyl groups is 1. The molecule has 1 amide bonds. The van der Waals surface area contributed by atoms with E-state index in [4.69, 9.17) is 5.73 Å². The van der Waals surface area contributed by atoms with Crippen LogP contribution in [-0.2, 0) is 14.4 Å². The molecule has 3 aliphatic carbocycles. The SMILES string of the molecule is CC(=O)c1ccc(/C=C2\c3cccc(O)c3C(O)=C3C(=O)[C@]4(O)C(O)=C(C(N)=O)C(=O)[C@@H](N(C)C)[C@@H]4[C@@H](O)[C@@H]32)cc1. The van der Waals surface area contributed by atoms with Gasteiger partial charge in [-0.05, 0) is 43.8 Å². The summed E-state index contributed by atoms with van der Waals surface area (Å²) in [5.74, 6) is -9.27. The number of phenols is 1. The first-order valence-corrected chi connectivity index (χ1v) is 12.7.